The Morgan fingerprint density at radius 3 is 2.42 bits per heavy atom. The number of benzene rings is 1. The predicted octanol–water partition coefficient (Wildman–Crippen LogP) is 0.327. The van der Waals surface area contributed by atoms with Crippen LogP contribution < -0.4 is 0 Å². The van der Waals surface area contributed by atoms with Gasteiger partial charge in [-0.25, -0.2) is 0 Å². The topological polar surface area (TPSA) is 56.4 Å². The molecule has 0 aliphatic carbocycles. The molecule has 0 spiro atoms. The summed E-state index contributed by atoms with van der Waals surface area (Å²) in [7, 11) is 1.70. The Bertz CT molecular complexity index is 337. The SMILES string of the molecule is B/C(=N\O)c1ccc(C#N)cc1. The second-order valence-corrected chi connectivity index (χ2v) is 2.37. The third-order valence-electron chi connectivity index (χ3n) is 1.58. The summed E-state index contributed by atoms with van der Waals surface area (Å²) in [5, 5.41) is 20.0. The van der Waals surface area contributed by atoms with Crippen molar-refractivity contribution in [2.45, 2.75) is 0 Å². The van der Waals surface area contributed by atoms with Gasteiger partial charge in [0.05, 0.1) is 11.6 Å². The molecule has 1 N–H and O–H groups in total. The highest BCUT2D eigenvalue weighted by atomic mass is 16.4. The van der Waals surface area contributed by atoms with Crippen LogP contribution in [0.15, 0.2) is 29.4 Å². The lowest BCUT2D eigenvalue weighted by Crippen LogP contribution is -1.98. The molecule has 58 valence electrons. The molecular weight excluding hydrogens is 151 g/mol. The zero-order valence-electron chi connectivity index (χ0n) is 6.65. The van der Waals surface area contributed by atoms with Crippen molar-refractivity contribution >= 4 is 13.5 Å². The summed E-state index contributed by atoms with van der Waals surface area (Å²) >= 11 is 0. The minimum atomic E-state index is 0.541. The average Bonchev–Trinajstić information content (AvgIpc) is 2.17. The van der Waals surface area contributed by atoms with Crippen LogP contribution in [-0.2, 0) is 0 Å². The molecule has 12 heavy (non-hydrogen) atoms. The zero-order chi connectivity index (χ0) is 8.97. The maximum atomic E-state index is 8.49. The molecule has 0 atom stereocenters. The fourth-order valence-electron chi connectivity index (χ4n) is 0.844. The van der Waals surface area contributed by atoms with Gasteiger partial charge in [-0.05, 0) is 17.7 Å². The minimum Gasteiger partial charge on any atom is -0.411 e. The molecule has 0 saturated heterocycles. The van der Waals surface area contributed by atoms with E-state index in [-0.39, 0.29) is 0 Å². The van der Waals surface area contributed by atoms with Crippen LogP contribution in [0.1, 0.15) is 11.1 Å². The van der Waals surface area contributed by atoms with Crippen molar-refractivity contribution in [1.29, 1.82) is 5.26 Å². The Labute approximate surface area is 71.3 Å². The van der Waals surface area contributed by atoms with Crippen LogP contribution in [0.3, 0.4) is 0 Å². The Morgan fingerprint density at radius 2 is 2.00 bits per heavy atom. The third kappa shape index (κ3) is 1.64. The van der Waals surface area contributed by atoms with Crippen molar-refractivity contribution in [2.24, 2.45) is 5.16 Å². The lowest BCUT2D eigenvalue weighted by atomic mass is 9.93. The fraction of sp³-hybridized carbons (Fsp3) is 0. The molecule has 0 amide bonds. The predicted molar refractivity (Wildman–Crippen MR) is 48.0 cm³/mol. The van der Waals surface area contributed by atoms with Gasteiger partial charge >= 0.3 is 0 Å². The van der Waals surface area contributed by atoms with E-state index in [2.05, 4.69) is 5.16 Å². The van der Waals surface area contributed by atoms with Gasteiger partial charge in [-0.2, -0.15) is 5.26 Å². The number of hydrogen-bond donors (Lipinski definition) is 1. The first-order valence-electron chi connectivity index (χ1n) is 3.47. The van der Waals surface area contributed by atoms with Gasteiger partial charge in [-0.1, -0.05) is 12.1 Å². The van der Waals surface area contributed by atoms with E-state index in [4.69, 9.17) is 10.5 Å². The first-order valence-corrected chi connectivity index (χ1v) is 3.47. The molecule has 3 nitrogen and oxygen atoms in total. The van der Waals surface area contributed by atoms with Crippen LogP contribution in [-0.4, -0.2) is 18.7 Å². The molecule has 4 heteroatoms. The number of oxime groups is 1. The summed E-state index contributed by atoms with van der Waals surface area (Å²) in [4.78, 5) is 0. The standard InChI is InChI=1S/C8H7BN2O/c9-8(11-12)7-3-1-6(5-10)2-4-7/h1-4,12H,9H2/b11-8-. The van der Waals surface area contributed by atoms with Gasteiger partial charge in [0.25, 0.3) is 0 Å². The first kappa shape index (κ1) is 8.34. The Kier molecular flexibility index (Phi) is 2.49. The van der Waals surface area contributed by atoms with Crippen LogP contribution in [0.2, 0.25) is 0 Å². The molecule has 0 radical (unpaired) electrons. The number of hydrogen-bond acceptors (Lipinski definition) is 3. The first-order chi connectivity index (χ1) is 5.77. The molecule has 1 rings (SSSR count). The van der Waals surface area contributed by atoms with Gasteiger partial charge in [-0.3, -0.25) is 0 Å². The monoisotopic (exact) mass is 158 g/mol. The fourth-order valence-corrected chi connectivity index (χ4v) is 0.844. The van der Waals surface area contributed by atoms with Crippen LogP contribution >= 0.6 is 0 Å². The lowest BCUT2D eigenvalue weighted by Gasteiger charge is -1.96. The van der Waals surface area contributed by atoms with E-state index in [0.717, 1.165) is 5.56 Å². The van der Waals surface area contributed by atoms with Gasteiger partial charge in [0, 0.05) is 5.61 Å². The highest BCUT2D eigenvalue weighted by Gasteiger charge is 1.96. The van der Waals surface area contributed by atoms with Gasteiger partial charge in [0.1, 0.15) is 0 Å². The summed E-state index contributed by atoms with van der Waals surface area (Å²) in [6.07, 6.45) is 0. The Balaban J connectivity index is 3.02. The lowest BCUT2D eigenvalue weighted by molar-refractivity contribution is 0.321. The highest BCUT2D eigenvalue weighted by Crippen LogP contribution is 2.02. The number of nitrogens with zero attached hydrogens (tertiary/aromatic N) is 2. The van der Waals surface area contributed by atoms with Crippen molar-refractivity contribution in [1.82, 2.24) is 0 Å². The minimum absolute atomic E-state index is 0.541. The largest absolute Gasteiger partial charge is 0.411 e. The summed E-state index contributed by atoms with van der Waals surface area (Å²) in [6.45, 7) is 0. The van der Waals surface area contributed by atoms with Gasteiger partial charge in [0.2, 0.25) is 0 Å². The van der Waals surface area contributed by atoms with E-state index in [0.29, 0.717) is 11.2 Å². The van der Waals surface area contributed by atoms with Gasteiger partial charge < -0.3 is 5.21 Å². The van der Waals surface area contributed by atoms with E-state index < -0.39 is 0 Å². The van der Waals surface area contributed by atoms with Crippen molar-refractivity contribution in [3.05, 3.63) is 35.4 Å². The molecule has 1 aromatic carbocycles. The molecule has 0 heterocycles. The van der Waals surface area contributed by atoms with Crippen LogP contribution in [0.25, 0.3) is 0 Å². The van der Waals surface area contributed by atoms with E-state index in [1.165, 1.54) is 0 Å². The van der Waals surface area contributed by atoms with Crippen molar-refractivity contribution in [2.75, 3.05) is 0 Å². The molecular formula is C8H7BN2O. The summed E-state index contributed by atoms with van der Waals surface area (Å²) in [6, 6.07) is 8.87. The smallest absolute Gasteiger partial charge is 0.169 e. The summed E-state index contributed by atoms with van der Waals surface area (Å²) in [5.74, 6) is 0. The van der Waals surface area contributed by atoms with Crippen LogP contribution in [0.5, 0.6) is 0 Å². The summed E-state index contributed by atoms with van der Waals surface area (Å²) < 4.78 is 0. The Morgan fingerprint density at radius 1 is 1.42 bits per heavy atom. The summed E-state index contributed by atoms with van der Waals surface area (Å²) in [5.41, 5.74) is 1.96. The van der Waals surface area contributed by atoms with E-state index in [9.17, 15) is 0 Å². The van der Waals surface area contributed by atoms with Crippen LogP contribution in [0.4, 0.5) is 0 Å². The molecule has 0 aliphatic rings. The van der Waals surface area contributed by atoms with Crippen LogP contribution in [0, 0.1) is 11.3 Å². The molecule has 0 aliphatic heterocycles. The van der Waals surface area contributed by atoms with E-state index in [1.807, 2.05) is 6.07 Å². The second kappa shape index (κ2) is 3.58. The average molecular weight is 158 g/mol. The van der Waals surface area contributed by atoms with Gasteiger partial charge in [-0.15, -0.1) is 5.16 Å². The van der Waals surface area contributed by atoms with Gasteiger partial charge in [0.15, 0.2) is 7.85 Å². The molecule has 0 fully saturated rings. The van der Waals surface area contributed by atoms with E-state index >= 15 is 0 Å². The Hall–Kier alpha value is -1.76. The highest BCUT2D eigenvalue weighted by molar-refractivity contribution is 6.64. The molecule has 0 unspecified atom stereocenters. The number of rotatable bonds is 1. The molecule has 0 aromatic heterocycles. The molecule has 0 bridgehead atoms. The maximum Gasteiger partial charge on any atom is 0.169 e. The maximum absolute atomic E-state index is 8.49. The molecule has 1 aromatic rings. The second-order valence-electron chi connectivity index (χ2n) is 2.37. The third-order valence-corrected chi connectivity index (χ3v) is 1.58. The quantitative estimate of drug-likeness (QED) is 0.277. The zero-order valence-corrected chi connectivity index (χ0v) is 6.65. The van der Waals surface area contributed by atoms with E-state index in [1.54, 1.807) is 32.1 Å². The molecule has 0 saturated carbocycles. The number of nitriles is 1. The normalized spacial score (nSPS) is 10.8. The van der Waals surface area contributed by atoms with Crippen molar-refractivity contribution in [3.8, 4) is 6.07 Å². The van der Waals surface area contributed by atoms with Crippen molar-refractivity contribution < 1.29 is 5.21 Å². The van der Waals surface area contributed by atoms with Crippen molar-refractivity contribution in [3.63, 3.8) is 0 Å².